The summed E-state index contributed by atoms with van der Waals surface area (Å²) in [4.78, 5) is 7.75. The lowest BCUT2D eigenvalue weighted by Gasteiger charge is -2.19. The lowest BCUT2D eigenvalue weighted by atomic mass is 10.2. The van der Waals surface area contributed by atoms with Gasteiger partial charge in [0.15, 0.2) is 5.96 Å². The fraction of sp³-hybridized carbons (Fsp3) is 0.500. The van der Waals surface area contributed by atoms with Gasteiger partial charge in [0.2, 0.25) is 0 Å². The van der Waals surface area contributed by atoms with E-state index in [0.29, 0.717) is 5.96 Å². The van der Waals surface area contributed by atoms with Crippen LogP contribution in [0.25, 0.3) is 0 Å². The van der Waals surface area contributed by atoms with Gasteiger partial charge in [-0.05, 0) is 32.9 Å². The lowest BCUT2D eigenvalue weighted by Crippen LogP contribution is -2.37. The Kier molecular flexibility index (Phi) is 10.1. The van der Waals surface area contributed by atoms with Crippen LogP contribution in [-0.2, 0) is 0 Å². The molecule has 0 amide bonds. The van der Waals surface area contributed by atoms with E-state index in [-0.39, 0.29) is 24.0 Å². The number of hydrogen-bond acceptors (Lipinski definition) is 2. The smallest absolute Gasteiger partial charge is 0.191 e. The molecule has 1 rings (SSSR count). The predicted octanol–water partition coefficient (Wildman–Crippen LogP) is 3.36. The largest absolute Gasteiger partial charge is 0.370 e. The number of nitrogens with two attached hydrogens (primary N) is 1. The lowest BCUT2D eigenvalue weighted by molar-refractivity contribution is 0.458. The van der Waals surface area contributed by atoms with Gasteiger partial charge < -0.3 is 10.6 Å². The molecule has 3 nitrogen and oxygen atoms in total. The molecule has 0 aliphatic carbocycles. The average Bonchev–Trinajstić information content (AvgIpc) is 2.38. The van der Waals surface area contributed by atoms with Crippen molar-refractivity contribution in [2.24, 2.45) is 10.7 Å². The zero-order valence-corrected chi connectivity index (χ0v) is 15.1. The van der Waals surface area contributed by atoms with E-state index in [1.165, 1.54) is 10.5 Å². The van der Waals surface area contributed by atoms with Gasteiger partial charge in [-0.1, -0.05) is 17.7 Å². The van der Waals surface area contributed by atoms with Crippen molar-refractivity contribution in [2.75, 3.05) is 25.4 Å². The van der Waals surface area contributed by atoms with Crippen molar-refractivity contribution in [3.05, 3.63) is 29.8 Å². The molecule has 0 fully saturated rings. The van der Waals surface area contributed by atoms with Crippen molar-refractivity contribution in [1.82, 2.24) is 4.90 Å². The number of guanidine groups is 1. The van der Waals surface area contributed by atoms with Gasteiger partial charge in [0, 0.05) is 23.7 Å². The molecule has 0 heterocycles. The Hall–Kier alpha value is -0.430. The van der Waals surface area contributed by atoms with Crippen LogP contribution in [0.4, 0.5) is 0 Å². The van der Waals surface area contributed by atoms with E-state index in [1.54, 1.807) is 0 Å². The van der Waals surface area contributed by atoms with Crippen molar-refractivity contribution in [2.45, 2.75) is 25.7 Å². The first-order valence-corrected chi connectivity index (χ1v) is 7.40. The van der Waals surface area contributed by atoms with Crippen LogP contribution in [0.1, 0.15) is 19.4 Å². The number of hydrogen-bond donors (Lipinski definition) is 1. The van der Waals surface area contributed by atoms with E-state index < -0.39 is 0 Å². The van der Waals surface area contributed by atoms with E-state index in [2.05, 4.69) is 54.9 Å². The Labute approximate surface area is 138 Å². The molecule has 0 aliphatic heterocycles. The topological polar surface area (TPSA) is 41.6 Å². The number of benzene rings is 1. The molecule has 0 bridgehead atoms. The molecule has 5 heteroatoms. The molecule has 19 heavy (non-hydrogen) atoms. The molecule has 0 aromatic heterocycles. The highest BCUT2D eigenvalue weighted by molar-refractivity contribution is 14.0. The third kappa shape index (κ3) is 7.06. The predicted molar refractivity (Wildman–Crippen MR) is 96.7 cm³/mol. The van der Waals surface area contributed by atoms with Crippen LogP contribution in [0.2, 0.25) is 0 Å². The molecular formula is C14H24IN3S. The molecule has 1 aromatic carbocycles. The second-order valence-corrected chi connectivity index (χ2v) is 5.24. The molecule has 0 saturated carbocycles. The van der Waals surface area contributed by atoms with Crippen LogP contribution in [0, 0.1) is 6.92 Å². The zero-order valence-electron chi connectivity index (χ0n) is 11.9. The van der Waals surface area contributed by atoms with Gasteiger partial charge in [0.05, 0.1) is 6.54 Å². The molecule has 1 aromatic rings. The summed E-state index contributed by atoms with van der Waals surface area (Å²) in [7, 11) is 0. The van der Waals surface area contributed by atoms with Gasteiger partial charge in [-0.2, -0.15) is 0 Å². The summed E-state index contributed by atoms with van der Waals surface area (Å²) in [6.45, 7) is 8.87. The number of aryl methyl sites for hydroxylation is 1. The van der Waals surface area contributed by atoms with Crippen LogP contribution in [-0.4, -0.2) is 36.2 Å². The summed E-state index contributed by atoms with van der Waals surface area (Å²) in [5, 5.41) is 0. The number of thioether (sulfide) groups is 1. The highest BCUT2D eigenvalue weighted by Crippen LogP contribution is 2.17. The first kappa shape index (κ1) is 18.6. The van der Waals surface area contributed by atoms with Crippen molar-refractivity contribution in [3.8, 4) is 0 Å². The molecule has 108 valence electrons. The van der Waals surface area contributed by atoms with Crippen LogP contribution >= 0.6 is 35.7 Å². The summed E-state index contributed by atoms with van der Waals surface area (Å²) < 4.78 is 0. The number of nitrogens with zero attached hydrogens (tertiary/aromatic N) is 2. The summed E-state index contributed by atoms with van der Waals surface area (Å²) in [5.41, 5.74) is 7.20. The van der Waals surface area contributed by atoms with Gasteiger partial charge >= 0.3 is 0 Å². The Balaban J connectivity index is 0.00000324. The van der Waals surface area contributed by atoms with E-state index in [4.69, 9.17) is 5.73 Å². The molecular weight excluding hydrogens is 369 g/mol. The summed E-state index contributed by atoms with van der Waals surface area (Å²) in [6.07, 6.45) is 0. The van der Waals surface area contributed by atoms with Crippen LogP contribution in [0.15, 0.2) is 34.2 Å². The van der Waals surface area contributed by atoms with Crippen LogP contribution in [0.5, 0.6) is 0 Å². The highest BCUT2D eigenvalue weighted by atomic mass is 127. The summed E-state index contributed by atoms with van der Waals surface area (Å²) in [6, 6.07) is 8.57. The minimum absolute atomic E-state index is 0. The number of halogens is 1. The fourth-order valence-electron chi connectivity index (χ4n) is 1.61. The maximum Gasteiger partial charge on any atom is 0.191 e. The van der Waals surface area contributed by atoms with E-state index in [0.717, 1.165) is 25.4 Å². The minimum Gasteiger partial charge on any atom is -0.370 e. The Morgan fingerprint density at radius 2 is 1.79 bits per heavy atom. The number of rotatable bonds is 6. The van der Waals surface area contributed by atoms with E-state index >= 15 is 0 Å². The van der Waals surface area contributed by atoms with Crippen LogP contribution in [0.3, 0.4) is 0 Å². The Morgan fingerprint density at radius 3 is 2.32 bits per heavy atom. The van der Waals surface area contributed by atoms with Crippen molar-refractivity contribution < 1.29 is 0 Å². The Morgan fingerprint density at radius 1 is 1.21 bits per heavy atom. The van der Waals surface area contributed by atoms with Crippen molar-refractivity contribution in [3.63, 3.8) is 0 Å². The van der Waals surface area contributed by atoms with Gasteiger partial charge in [0.25, 0.3) is 0 Å². The summed E-state index contributed by atoms with van der Waals surface area (Å²) >= 11 is 1.82. The van der Waals surface area contributed by atoms with Crippen LogP contribution < -0.4 is 5.73 Å². The second-order valence-electron chi connectivity index (χ2n) is 4.07. The molecule has 0 spiro atoms. The van der Waals surface area contributed by atoms with Crippen molar-refractivity contribution in [1.29, 1.82) is 0 Å². The maximum atomic E-state index is 5.90. The first-order chi connectivity index (χ1) is 8.67. The second kappa shape index (κ2) is 10.4. The molecule has 0 aliphatic rings. The van der Waals surface area contributed by atoms with E-state index in [1.807, 2.05) is 11.8 Å². The number of aliphatic imine (C=N–C) groups is 1. The monoisotopic (exact) mass is 393 g/mol. The molecule has 2 N–H and O–H groups in total. The highest BCUT2D eigenvalue weighted by Gasteiger charge is 2.01. The van der Waals surface area contributed by atoms with Gasteiger partial charge in [-0.25, -0.2) is 0 Å². The van der Waals surface area contributed by atoms with Gasteiger partial charge in [-0.3, -0.25) is 4.99 Å². The molecule has 0 atom stereocenters. The average molecular weight is 393 g/mol. The van der Waals surface area contributed by atoms with E-state index in [9.17, 15) is 0 Å². The summed E-state index contributed by atoms with van der Waals surface area (Å²) in [5.74, 6) is 1.62. The molecule has 0 saturated heterocycles. The Bertz CT molecular complexity index is 375. The quantitative estimate of drug-likeness (QED) is 0.265. The molecule has 0 unspecified atom stereocenters. The fourth-order valence-corrected chi connectivity index (χ4v) is 2.35. The third-order valence-electron chi connectivity index (χ3n) is 2.74. The SMILES string of the molecule is CCN(CC)C(N)=NCCSc1ccc(C)cc1.I. The normalized spacial score (nSPS) is 11.0. The van der Waals surface area contributed by atoms with Gasteiger partial charge in [-0.15, -0.1) is 35.7 Å². The zero-order chi connectivity index (χ0) is 13.4. The van der Waals surface area contributed by atoms with Crippen molar-refractivity contribution >= 4 is 41.7 Å². The van der Waals surface area contributed by atoms with Gasteiger partial charge in [0.1, 0.15) is 0 Å². The maximum absolute atomic E-state index is 5.90. The minimum atomic E-state index is 0. The third-order valence-corrected chi connectivity index (χ3v) is 3.73. The molecule has 0 radical (unpaired) electrons. The first-order valence-electron chi connectivity index (χ1n) is 6.41. The standard InChI is InChI=1S/C14H23N3S.HI/c1-4-17(5-2)14(15)16-10-11-18-13-8-6-12(3)7-9-13;/h6-9H,4-5,10-11H2,1-3H3,(H2,15,16);1H.